The molecule has 114 valence electrons. The summed E-state index contributed by atoms with van der Waals surface area (Å²) in [5.41, 5.74) is 0. The van der Waals surface area contributed by atoms with Gasteiger partial charge in [-0.05, 0) is 16.5 Å². The molecule has 1 aliphatic rings. The lowest BCUT2D eigenvalue weighted by molar-refractivity contribution is -0.616. The van der Waals surface area contributed by atoms with Gasteiger partial charge >= 0.3 is 7.82 Å². The highest BCUT2D eigenvalue weighted by atomic mass is 31.2. The summed E-state index contributed by atoms with van der Waals surface area (Å²) in [7, 11) is -3.90. The van der Waals surface area contributed by atoms with Crippen molar-refractivity contribution >= 4 is 7.82 Å². The van der Waals surface area contributed by atoms with Crippen molar-refractivity contribution in [3.8, 4) is 0 Å². The summed E-state index contributed by atoms with van der Waals surface area (Å²) >= 11 is 0. The molecule has 1 saturated heterocycles. The molecule has 0 aromatic heterocycles. The third-order valence-corrected chi connectivity index (χ3v) is 3.37. The van der Waals surface area contributed by atoms with Crippen LogP contribution in [0.4, 0.5) is 0 Å². The zero-order valence-electron chi connectivity index (χ0n) is 11.1. The lowest BCUT2D eigenvalue weighted by Gasteiger charge is -2.16. The second kappa shape index (κ2) is 10.7. The molecule has 0 aromatic carbocycles. The maximum Gasteiger partial charge on any atom is 0.531 e. The first-order valence-corrected chi connectivity index (χ1v) is 7.93. The van der Waals surface area contributed by atoms with Gasteiger partial charge in [0.1, 0.15) is 6.61 Å². The maximum absolute atomic E-state index is 11.7. The highest BCUT2D eigenvalue weighted by Crippen LogP contribution is 2.50. The minimum absolute atomic E-state index is 0.0268. The van der Waals surface area contributed by atoms with Crippen molar-refractivity contribution in [3.05, 3.63) is 0 Å². The van der Waals surface area contributed by atoms with Crippen LogP contribution in [-0.4, -0.2) is 19.8 Å². The first kappa shape index (κ1) is 17.0. The molecule has 1 rings (SSSR count). The van der Waals surface area contributed by atoms with E-state index in [1.807, 2.05) is 0 Å². The lowest BCUT2D eigenvalue weighted by atomic mass is 10.1. The van der Waals surface area contributed by atoms with Crippen LogP contribution in [0.3, 0.4) is 0 Å². The molecule has 8 nitrogen and oxygen atoms in total. The Morgan fingerprint density at radius 1 is 1.05 bits per heavy atom. The highest BCUT2D eigenvalue weighted by Gasteiger charge is 2.32. The summed E-state index contributed by atoms with van der Waals surface area (Å²) in [4.78, 5) is 9.16. The van der Waals surface area contributed by atoms with Crippen molar-refractivity contribution in [2.45, 2.75) is 45.4 Å². The quantitative estimate of drug-likeness (QED) is 0.278. The van der Waals surface area contributed by atoms with Gasteiger partial charge in [0.15, 0.2) is 0 Å². The smallest absolute Gasteiger partial charge is 0.281 e. The molecular weight excluding hydrogens is 279 g/mol. The maximum atomic E-state index is 11.7. The third-order valence-electron chi connectivity index (χ3n) is 2.34. The number of phosphoric acid groups is 1. The molecule has 0 amide bonds. The first-order chi connectivity index (χ1) is 9.27. The van der Waals surface area contributed by atoms with Gasteiger partial charge in [-0.15, -0.1) is 4.67 Å². The number of rotatable bonds is 9. The van der Waals surface area contributed by atoms with Gasteiger partial charge in [-0.3, -0.25) is 4.52 Å². The Labute approximate surface area is 112 Å². The minimum Gasteiger partial charge on any atom is -0.281 e. The molecule has 0 aliphatic carbocycles. The molecular formula is C10H21O8P. The van der Waals surface area contributed by atoms with Crippen molar-refractivity contribution < 1.29 is 38.3 Å². The van der Waals surface area contributed by atoms with Crippen molar-refractivity contribution in [1.29, 1.82) is 0 Å². The van der Waals surface area contributed by atoms with Gasteiger partial charge in [0.2, 0.25) is 0 Å². The summed E-state index contributed by atoms with van der Waals surface area (Å²) in [5, 5.41) is 8.04. The number of hydrogen-bond acceptors (Lipinski definition) is 8. The first-order valence-electron chi connectivity index (χ1n) is 6.47. The zero-order chi connectivity index (χ0) is 13.8. The van der Waals surface area contributed by atoms with Gasteiger partial charge in [-0.2, -0.15) is 0 Å². The molecule has 1 unspecified atom stereocenters. The van der Waals surface area contributed by atoms with Crippen LogP contribution < -0.4 is 0 Å². The molecule has 19 heavy (non-hydrogen) atoms. The molecule has 0 aromatic rings. The largest absolute Gasteiger partial charge is 0.531 e. The van der Waals surface area contributed by atoms with E-state index in [2.05, 4.69) is 31.2 Å². The fourth-order valence-corrected chi connectivity index (χ4v) is 2.10. The summed E-state index contributed by atoms with van der Waals surface area (Å²) in [6.45, 7) is 2.48. The SMILES string of the molecule is CCCCCCCCOOP1(=O)OCCOOOO1. The van der Waals surface area contributed by atoms with E-state index in [0.29, 0.717) is 6.61 Å². The van der Waals surface area contributed by atoms with Gasteiger partial charge in [0.05, 0.1) is 13.2 Å². The third kappa shape index (κ3) is 8.67. The molecule has 1 heterocycles. The average molecular weight is 300 g/mol. The van der Waals surface area contributed by atoms with Crippen molar-refractivity contribution in [1.82, 2.24) is 0 Å². The highest BCUT2D eigenvalue weighted by molar-refractivity contribution is 7.48. The Hall–Kier alpha value is -0.0500. The van der Waals surface area contributed by atoms with Crippen molar-refractivity contribution in [2.24, 2.45) is 0 Å². The average Bonchev–Trinajstić information content (AvgIpc) is 2.38. The van der Waals surface area contributed by atoms with Crippen molar-refractivity contribution in [3.63, 3.8) is 0 Å². The molecule has 0 N–H and O–H groups in total. The van der Waals surface area contributed by atoms with Crippen LogP contribution in [-0.2, 0) is 38.3 Å². The molecule has 1 aliphatic heterocycles. The fourth-order valence-electron chi connectivity index (χ4n) is 1.39. The monoisotopic (exact) mass is 300 g/mol. The van der Waals surface area contributed by atoms with Crippen LogP contribution in [0.5, 0.6) is 0 Å². The molecule has 9 heteroatoms. The van der Waals surface area contributed by atoms with Crippen LogP contribution >= 0.6 is 7.82 Å². The molecule has 1 atom stereocenters. The number of hydrogen-bond donors (Lipinski definition) is 0. The minimum atomic E-state index is -3.90. The Kier molecular flexibility index (Phi) is 9.58. The summed E-state index contributed by atoms with van der Waals surface area (Å²) < 4.78 is 25.4. The molecule has 0 bridgehead atoms. The second-order valence-electron chi connectivity index (χ2n) is 3.98. The summed E-state index contributed by atoms with van der Waals surface area (Å²) in [6.07, 6.45) is 6.66. The van der Waals surface area contributed by atoms with E-state index in [-0.39, 0.29) is 13.2 Å². The topological polar surface area (TPSA) is 81.7 Å². The summed E-state index contributed by atoms with van der Waals surface area (Å²) in [5.74, 6) is 0. The van der Waals surface area contributed by atoms with E-state index >= 15 is 0 Å². The van der Waals surface area contributed by atoms with E-state index in [4.69, 9.17) is 9.41 Å². The second-order valence-corrected chi connectivity index (χ2v) is 5.43. The van der Waals surface area contributed by atoms with E-state index in [1.54, 1.807) is 0 Å². The predicted octanol–water partition coefficient (Wildman–Crippen LogP) is 3.24. The van der Waals surface area contributed by atoms with Gasteiger partial charge in [0.25, 0.3) is 0 Å². The van der Waals surface area contributed by atoms with Crippen LogP contribution in [0.25, 0.3) is 0 Å². The Balaban J connectivity index is 2.01. The van der Waals surface area contributed by atoms with E-state index in [9.17, 15) is 4.57 Å². The van der Waals surface area contributed by atoms with Crippen LogP contribution in [0.2, 0.25) is 0 Å². The predicted molar refractivity (Wildman–Crippen MR) is 63.2 cm³/mol. The Bertz CT molecular complexity index is 250. The van der Waals surface area contributed by atoms with E-state index < -0.39 is 7.82 Å². The van der Waals surface area contributed by atoms with Gasteiger partial charge in [0, 0.05) is 0 Å². The van der Waals surface area contributed by atoms with Gasteiger partial charge < -0.3 is 0 Å². The van der Waals surface area contributed by atoms with Crippen molar-refractivity contribution in [2.75, 3.05) is 19.8 Å². The number of unbranched alkanes of at least 4 members (excludes halogenated alkanes) is 5. The molecule has 0 saturated carbocycles. The summed E-state index contributed by atoms with van der Waals surface area (Å²) in [6, 6.07) is 0. The zero-order valence-corrected chi connectivity index (χ0v) is 12.0. The molecule has 0 radical (unpaired) electrons. The van der Waals surface area contributed by atoms with E-state index in [1.165, 1.54) is 19.3 Å². The fraction of sp³-hybridized carbons (Fsp3) is 1.00. The van der Waals surface area contributed by atoms with Crippen LogP contribution in [0.1, 0.15) is 45.4 Å². The Morgan fingerprint density at radius 3 is 2.68 bits per heavy atom. The van der Waals surface area contributed by atoms with E-state index in [0.717, 1.165) is 19.3 Å². The lowest BCUT2D eigenvalue weighted by Crippen LogP contribution is -2.12. The van der Waals surface area contributed by atoms with Gasteiger partial charge in [-0.25, -0.2) is 14.3 Å². The standard InChI is InChI=1S/C10H21O8P/c1-2-3-4-5-6-7-8-13-17-19(11)14-10-9-12-15-16-18-19/h2-10H2,1H3. The molecule has 0 spiro atoms. The Morgan fingerprint density at radius 2 is 1.84 bits per heavy atom. The van der Waals surface area contributed by atoms with Gasteiger partial charge in [-0.1, -0.05) is 43.7 Å². The molecule has 1 fully saturated rings. The van der Waals surface area contributed by atoms with Crippen LogP contribution in [0.15, 0.2) is 0 Å². The van der Waals surface area contributed by atoms with Crippen LogP contribution in [0, 0.1) is 0 Å². The normalized spacial score (nSPS) is 24.9.